The van der Waals surface area contributed by atoms with E-state index in [-0.39, 0.29) is 12.1 Å². The lowest BCUT2D eigenvalue weighted by molar-refractivity contribution is 0.161. The van der Waals surface area contributed by atoms with E-state index < -0.39 is 0 Å². The Balaban J connectivity index is 3.56. The van der Waals surface area contributed by atoms with Crippen LogP contribution in [0.2, 0.25) is 0 Å². The molecule has 0 spiro atoms. The monoisotopic (exact) mass is 232 g/mol. The quantitative estimate of drug-likeness (QED) is 0.544. The van der Waals surface area contributed by atoms with Gasteiger partial charge in [-0.2, -0.15) is 0 Å². The van der Waals surface area contributed by atoms with Crippen molar-refractivity contribution in [3.05, 3.63) is 0 Å². The summed E-state index contributed by atoms with van der Waals surface area (Å²) < 4.78 is 5.02. The van der Waals surface area contributed by atoms with Crippen LogP contribution in [0, 0.1) is 0 Å². The molecule has 0 radical (unpaired) electrons. The second-order valence-corrected chi connectivity index (χ2v) is 4.72. The van der Waals surface area contributed by atoms with E-state index in [4.69, 9.17) is 4.74 Å². The van der Waals surface area contributed by atoms with Crippen molar-refractivity contribution in [2.24, 2.45) is 0 Å². The van der Waals surface area contributed by atoms with Crippen LogP contribution in [-0.2, 0) is 4.74 Å². The Bertz CT molecular complexity index is 161. The van der Waals surface area contributed by atoms with Gasteiger partial charge in [0.05, 0.1) is 6.61 Å². The molecule has 0 aliphatic carbocycles. The molecule has 2 N–H and O–H groups in total. The maximum Gasteiger partial charge on any atom is 0.0610 e. The first-order valence-electron chi connectivity index (χ1n) is 6.05. The molecule has 0 aliphatic rings. The number of hydrogen-bond acceptors (Lipinski definition) is 4. The minimum absolute atomic E-state index is 0.132. The molecule has 0 amide bonds. The van der Waals surface area contributed by atoms with Crippen molar-refractivity contribution >= 4 is 0 Å². The zero-order valence-electron chi connectivity index (χ0n) is 11.3. The minimum atomic E-state index is -0.132. The predicted octanol–water partition coefficient (Wildman–Crippen LogP) is 0.705. The summed E-state index contributed by atoms with van der Waals surface area (Å²) in [6.45, 7) is 5.22. The average molecular weight is 232 g/mol. The zero-order chi connectivity index (χ0) is 12.4. The van der Waals surface area contributed by atoms with Crippen LogP contribution < -0.4 is 5.32 Å². The highest BCUT2D eigenvalue weighted by Gasteiger charge is 2.19. The second kappa shape index (κ2) is 8.93. The van der Waals surface area contributed by atoms with E-state index in [0.717, 1.165) is 39.0 Å². The number of nitrogens with zero attached hydrogens (tertiary/aromatic N) is 1. The molecule has 0 rings (SSSR count). The fourth-order valence-corrected chi connectivity index (χ4v) is 1.61. The lowest BCUT2D eigenvalue weighted by atomic mass is 9.97. The smallest absolute Gasteiger partial charge is 0.0610 e. The number of hydrogen-bond donors (Lipinski definition) is 2. The van der Waals surface area contributed by atoms with Crippen molar-refractivity contribution < 1.29 is 9.84 Å². The predicted molar refractivity (Wildman–Crippen MR) is 67.8 cm³/mol. The molecule has 16 heavy (non-hydrogen) atoms. The van der Waals surface area contributed by atoms with Crippen molar-refractivity contribution in [2.75, 3.05) is 47.5 Å². The second-order valence-electron chi connectivity index (χ2n) is 4.72. The summed E-state index contributed by atoms with van der Waals surface area (Å²) in [6.07, 6.45) is 3.17. The molecule has 0 fully saturated rings. The maximum absolute atomic E-state index is 9.23. The van der Waals surface area contributed by atoms with Gasteiger partial charge in [-0.1, -0.05) is 0 Å². The first-order chi connectivity index (χ1) is 7.58. The number of nitrogens with one attached hydrogen (secondary N) is 1. The Hall–Kier alpha value is -0.160. The molecule has 0 aromatic carbocycles. The molecular formula is C12H28N2O2. The molecule has 0 saturated carbocycles. The fourth-order valence-electron chi connectivity index (χ4n) is 1.61. The number of likely N-dealkylation sites (N-methyl/N-ethyl adjacent to an activating group) is 1. The fraction of sp³-hybridized carbons (Fsp3) is 1.00. The molecule has 0 aliphatic heterocycles. The van der Waals surface area contributed by atoms with Crippen LogP contribution in [0.5, 0.6) is 0 Å². The Morgan fingerprint density at radius 3 is 2.44 bits per heavy atom. The third-order valence-corrected chi connectivity index (χ3v) is 3.11. The summed E-state index contributed by atoms with van der Waals surface area (Å²) in [5, 5.41) is 12.4. The minimum Gasteiger partial charge on any atom is -0.394 e. The van der Waals surface area contributed by atoms with Crippen molar-refractivity contribution in [1.82, 2.24) is 10.2 Å². The van der Waals surface area contributed by atoms with Gasteiger partial charge in [0.1, 0.15) is 0 Å². The highest BCUT2D eigenvalue weighted by molar-refractivity contribution is 4.80. The van der Waals surface area contributed by atoms with Gasteiger partial charge in [-0.15, -0.1) is 0 Å². The Morgan fingerprint density at radius 2 is 1.94 bits per heavy atom. The van der Waals surface area contributed by atoms with Crippen LogP contribution in [0.4, 0.5) is 0 Å². The van der Waals surface area contributed by atoms with Crippen molar-refractivity contribution in [1.29, 1.82) is 0 Å². The summed E-state index contributed by atoms with van der Waals surface area (Å²) in [5.74, 6) is 0. The van der Waals surface area contributed by atoms with Crippen molar-refractivity contribution in [3.63, 3.8) is 0 Å². The van der Waals surface area contributed by atoms with Crippen LogP contribution >= 0.6 is 0 Å². The van der Waals surface area contributed by atoms with E-state index in [1.165, 1.54) is 0 Å². The maximum atomic E-state index is 9.23. The topological polar surface area (TPSA) is 44.7 Å². The lowest BCUT2D eigenvalue weighted by Gasteiger charge is -2.27. The SMILES string of the molecule is CNC(C)(CO)CCCN(C)CCCOC. The van der Waals surface area contributed by atoms with Crippen LogP contribution in [0.25, 0.3) is 0 Å². The summed E-state index contributed by atoms with van der Waals surface area (Å²) in [6, 6.07) is 0. The number of aliphatic hydroxyl groups excluding tert-OH is 1. The van der Waals surface area contributed by atoms with E-state index in [1.807, 2.05) is 7.05 Å². The van der Waals surface area contributed by atoms with Gasteiger partial charge < -0.3 is 20.1 Å². The number of aliphatic hydroxyl groups is 1. The van der Waals surface area contributed by atoms with E-state index >= 15 is 0 Å². The van der Waals surface area contributed by atoms with Crippen LogP contribution in [0.1, 0.15) is 26.2 Å². The van der Waals surface area contributed by atoms with E-state index in [1.54, 1.807) is 7.11 Å². The Morgan fingerprint density at radius 1 is 1.31 bits per heavy atom. The molecule has 1 unspecified atom stereocenters. The van der Waals surface area contributed by atoms with Crippen LogP contribution in [0.15, 0.2) is 0 Å². The third-order valence-electron chi connectivity index (χ3n) is 3.11. The summed E-state index contributed by atoms with van der Waals surface area (Å²) in [7, 11) is 5.77. The normalized spacial score (nSPS) is 15.4. The molecule has 0 aromatic heterocycles. The van der Waals surface area contributed by atoms with Gasteiger partial charge in [-0.25, -0.2) is 0 Å². The van der Waals surface area contributed by atoms with Crippen LogP contribution in [-0.4, -0.2) is 63.1 Å². The highest BCUT2D eigenvalue weighted by Crippen LogP contribution is 2.10. The van der Waals surface area contributed by atoms with Gasteiger partial charge in [-0.05, 0) is 46.8 Å². The van der Waals surface area contributed by atoms with Gasteiger partial charge in [0.25, 0.3) is 0 Å². The van der Waals surface area contributed by atoms with E-state index in [0.29, 0.717) is 0 Å². The molecule has 0 heterocycles. The highest BCUT2D eigenvalue weighted by atomic mass is 16.5. The summed E-state index contributed by atoms with van der Waals surface area (Å²) in [4.78, 5) is 2.31. The molecule has 4 heteroatoms. The Kier molecular flexibility index (Phi) is 8.84. The van der Waals surface area contributed by atoms with E-state index in [2.05, 4.69) is 24.2 Å². The molecule has 0 aromatic rings. The zero-order valence-corrected chi connectivity index (χ0v) is 11.3. The largest absolute Gasteiger partial charge is 0.394 e. The molecule has 1 atom stereocenters. The number of rotatable bonds is 10. The molecule has 98 valence electrons. The summed E-state index contributed by atoms with van der Waals surface area (Å²) >= 11 is 0. The average Bonchev–Trinajstić information content (AvgIpc) is 2.29. The van der Waals surface area contributed by atoms with Crippen molar-refractivity contribution in [3.8, 4) is 0 Å². The van der Waals surface area contributed by atoms with Gasteiger partial charge in [0.15, 0.2) is 0 Å². The van der Waals surface area contributed by atoms with Gasteiger partial charge >= 0.3 is 0 Å². The van der Waals surface area contributed by atoms with Crippen molar-refractivity contribution in [2.45, 2.75) is 31.7 Å². The standard InChI is InChI=1S/C12H28N2O2/c1-12(11-15,13-2)7-5-8-14(3)9-6-10-16-4/h13,15H,5-11H2,1-4H3. The molecular weight excluding hydrogens is 204 g/mol. The first kappa shape index (κ1) is 15.8. The van der Waals surface area contributed by atoms with Gasteiger partial charge in [-0.3, -0.25) is 0 Å². The molecule has 0 bridgehead atoms. The lowest BCUT2D eigenvalue weighted by Crippen LogP contribution is -2.43. The number of methoxy groups -OCH3 is 1. The van der Waals surface area contributed by atoms with E-state index in [9.17, 15) is 5.11 Å². The third kappa shape index (κ3) is 7.17. The summed E-state index contributed by atoms with van der Waals surface area (Å²) in [5.41, 5.74) is -0.132. The van der Waals surface area contributed by atoms with Gasteiger partial charge in [0.2, 0.25) is 0 Å². The Labute approximate surface area is 100.0 Å². The van der Waals surface area contributed by atoms with Gasteiger partial charge in [0, 0.05) is 25.8 Å². The number of ether oxygens (including phenoxy) is 1. The molecule has 0 saturated heterocycles. The first-order valence-corrected chi connectivity index (χ1v) is 6.05. The van der Waals surface area contributed by atoms with Crippen LogP contribution in [0.3, 0.4) is 0 Å². The molecule has 4 nitrogen and oxygen atoms in total.